The van der Waals surface area contributed by atoms with E-state index in [1.807, 2.05) is 0 Å². The fourth-order valence-corrected chi connectivity index (χ4v) is 1.66. The molecule has 0 aliphatic carbocycles. The summed E-state index contributed by atoms with van der Waals surface area (Å²) >= 11 is 0. The maximum atomic E-state index is 5.63. The van der Waals surface area contributed by atoms with Crippen molar-refractivity contribution < 1.29 is 4.74 Å². The highest BCUT2D eigenvalue weighted by Crippen LogP contribution is 2.32. The first-order chi connectivity index (χ1) is 7.00. The fourth-order valence-electron chi connectivity index (χ4n) is 1.66. The Kier molecular flexibility index (Phi) is 5.03. The van der Waals surface area contributed by atoms with Crippen molar-refractivity contribution in [3.8, 4) is 0 Å². The zero-order chi connectivity index (χ0) is 13.2. The Hall–Kier alpha value is -0.0800. The molecule has 0 bridgehead atoms. The van der Waals surface area contributed by atoms with E-state index in [2.05, 4.69) is 60.4 Å². The Balaban J connectivity index is 4.78. The molecule has 0 rings (SSSR count). The van der Waals surface area contributed by atoms with E-state index in [0.717, 1.165) is 6.54 Å². The summed E-state index contributed by atoms with van der Waals surface area (Å²) in [5.74, 6) is 0. The molecule has 0 saturated heterocycles. The molecule has 0 aliphatic heterocycles. The molecule has 0 saturated carbocycles. The lowest BCUT2D eigenvalue weighted by Crippen LogP contribution is -2.59. The number of likely N-dealkylation sites (N-methyl/N-ethyl adjacent to an activating group) is 1. The number of methoxy groups -OCH3 is 1. The summed E-state index contributed by atoms with van der Waals surface area (Å²) < 4.78 is 5.63. The molecule has 0 unspecified atom stereocenters. The molecule has 0 heterocycles. The van der Waals surface area contributed by atoms with Crippen LogP contribution in [0.1, 0.15) is 54.9 Å². The van der Waals surface area contributed by atoms with E-state index in [0.29, 0.717) is 5.41 Å². The average molecular weight is 229 g/mol. The molecule has 0 spiro atoms. The van der Waals surface area contributed by atoms with Crippen LogP contribution in [0.25, 0.3) is 0 Å². The van der Waals surface area contributed by atoms with Crippen molar-refractivity contribution in [3.05, 3.63) is 0 Å². The summed E-state index contributed by atoms with van der Waals surface area (Å²) in [5, 5.41) is 0. The summed E-state index contributed by atoms with van der Waals surface area (Å²) in [6.45, 7) is 16.8. The molecule has 2 heteroatoms. The lowest BCUT2D eigenvalue weighted by Gasteiger charge is -2.49. The summed E-state index contributed by atoms with van der Waals surface area (Å²) in [4.78, 5) is 2.42. The van der Waals surface area contributed by atoms with Gasteiger partial charge in [-0.3, -0.25) is 4.90 Å². The summed E-state index contributed by atoms with van der Waals surface area (Å²) in [6, 6.07) is 0. The van der Waals surface area contributed by atoms with Crippen molar-refractivity contribution in [2.24, 2.45) is 5.41 Å². The van der Waals surface area contributed by atoms with Gasteiger partial charge in [0.05, 0.1) is 5.60 Å². The maximum absolute atomic E-state index is 5.63. The topological polar surface area (TPSA) is 12.5 Å². The minimum Gasteiger partial charge on any atom is -0.377 e. The van der Waals surface area contributed by atoms with Crippen molar-refractivity contribution in [1.82, 2.24) is 4.90 Å². The molecular weight excluding hydrogens is 198 g/mol. The first-order valence-electron chi connectivity index (χ1n) is 6.26. The molecule has 0 aromatic rings. The molecule has 0 aromatic carbocycles. The van der Waals surface area contributed by atoms with Gasteiger partial charge in [0, 0.05) is 19.2 Å². The Morgan fingerprint density at radius 3 is 1.75 bits per heavy atom. The van der Waals surface area contributed by atoms with Crippen LogP contribution in [-0.4, -0.2) is 36.7 Å². The standard InChI is InChI=1S/C14H31NO/c1-10-12(2,3)11-15(8)13(4,5)14(6,7)16-9/h10-11H2,1-9H3. The van der Waals surface area contributed by atoms with E-state index in [-0.39, 0.29) is 11.1 Å². The van der Waals surface area contributed by atoms with Crippen LogP contribution in [0, 0.1) is 5.41 Å². The van der Waals surface area contributed by atoms with Gasteiger partial charge in [-0.15, -0.1) is 0 Å². The lowest BCUT2D eigenvalue weighted by atomic mass is 9.81. The van der Waals surface area contributed by atoms with Crippen LogP contribution in [0.5, 0.6) is 0 Å². The number of rotatable bonds is 6. The van der Waals surface area contributed by atoms with E-state index in [1.165, 1.54) is 6.42 Å². The van der Waals surface area contributed by atoms with Crippen LogP contribution in [-0.2, 0) is 4.74 Å². The van der Waals surface area contributed by atoms with E-state index in [9.17, 15) is 0 Å². The van der Waals surface area contributed by atoms with Crippen molar-refractivity contribution in [1.29, 1.82) is 0 Å². The van der Waals surface area contributed by atoms with Gasteiger partial charge >= 0.3 is 0 Å². The molecule has 0 N–H and O–H groups in total. The quantitative estimate of drug-likeness (QED) is 0.690. The van der Waals surface area contributed by atoms with Gasteiger partial charge in [-0.2, -0.15) is 0 Å². The second-order valence-corrected chi connectivity index (χ2v) is 6.65. The normalized spacial score (nSPS) is 14.6. The Bertz CT molecular complexity index is 219. The second-order valence-electron chi connectivity index (χ2n) is 6.65. The van der Waals surface area contributed by atoms with Gasteiger partial charge in [0.25, 0.3) is 0 Å². The van der Waals surface area contributed by atoms with Gasteiger partial charge in [-0.05, 0) is 46.6 Å². The minimum atomic E-state index is -0.147. The minimum absolute atomic E-state index is 0.0220. The van der Waals surface area contributed by atoms with E-state index in [4.69, 9.17) is 4.74 Å². The molecule has 0 radical (unpaired) electrons. The van der Waals surface area contributed by atoms with E-state index < -0.39 is 0 Å². The first kappa shape index (κ1) is 15.9. The largest absolute Gasteiger partial charge is 0.377 e. The fraction of sp³-hybridized carbons (Fsp3) is 1.00. The number of hydrogen-bond donors (Lipinski definition) is 0. The van der Waals surface area contributed by atoms with Crippen molar-refractivity contribution in [2.75, 3.05) is 20.7 Å². The third-order valence-electron chi connectivity index (χ3n) is 4.56. The number of nitrogens with zero attached hydrogens (tertiary/aromatic N) is 1. The van der Waals surface area contributed by atoms with Gasteiger partial charge in [0.1, 0.15) is 0 Å². The van der Waals surface area contributed by atoms with Gasteiger partial charge in [-0.1, -0.05) is 20.8 Å². The first-order valence-corrected chi connectivity index (χ1v) is 6.26. The highest BCUT2D eigenvalue weighted by molar-refractivity contribution is 4.96. The third kappa shape index (κ3) is 3.46. The van der Waals surface area contributed by atoms with Gasteiger partial charge < -0.3 is 4.74 Å². The number of hydrogen-bond acceptors (Lipinski definition) is 2. The average Bonchev–Trinajstić information content (AvgIpc) is 2.16. The smallest absolute Gasteiger partial charge is 0.0800 e. The predicted octanol–water partition coefficient (Wildman–Crippen LogP) is 3.56. The monoisotopic (exact) mass is 229 g/mol. The summed E-state index contributed by atoms with van der Waals surface area (Å²) in [7, 11) is 3.98. The molecule has 0 fully saturated rings. The van der Waals surface area contributed by atoms with Crippen molar-refractivity contribution in [2.45, 2.75) is 66.0 Å². The lowest BCUT2D eigenvalue weighted by molar-refractivity contribution is -0.0979. The van der Waals surface area contributed by atoms with Crippen LogP contribution < -0.4 is 0 Å². The van der Waals surface area contributed by atoms with Crippen LogP contribution in [0.15, 0.2) is 0 Å². The van der Waals surface area contributed by atoms with Gasteiger partial charge in [0.15, 0.2) is 0 Å². The van der Waals surface area contributed by atoms with Crippen LogP contribution in [0.3, 0.4) is 0 Å². The van der Waals surface area contributed by atoms with E-state index >= 15 is 0 Å². The number of ether oxygens (including phenoxy) is 1. The molecule has 0 amide bonds. The molecule has 16 heavy (non-hydrogen) atoms. The summed E-state index contributed by atoms with van der Waals surface area (Å²) in [5.41, 5.74) is 0.232. The zero-order valence-electron chi connectivity index (χ0n) is 12.8. The van der Waals surface area contributed by atoms with Crippen LogP contribution in [0.4, 0.5) is 0 Å². The zero-order valence-corrected chi connectivity index (χ0v) is 12.8. The molecule has 0 aromatic heterocycles. The molecule has 98 valence electrons. The predicted molar refractivity (Wildman–Crippen MR) is 71.9 cm³/mol. The summed E-state index contributed by atoms with van der Waals surface area (Å²) in [6.07, 6.45) is 1.20. The third-order valence-corrected chi connectivity index (χ3v) is 4.56. The Labute approximate surface area is 102 Å². The Morgan fingerprint density at radius 1 is 1.00 bits per heavy atom. The van der Waals surface area contributed by atoms with E-state index in [1.54, 1.807) is 7.11 Å². The maximum Gasteiger partial charge on any atom is 0.0800 e. The molecular formula is C14H31NO. The molecule has 2 nitrogen and oxygen atoms in total. The van der Waals surface area contributed by atoms with Gasteiger partial charge in [-0.25, -0.2) is 0 Å². The second kappa shape index (κ2) is 5.05. The molecule has 0 atom stereocenters. The van der Waals surface area contributed by atoms with Crippen LogP contribution >= 0.6 is 0 Å². The SMILES string of the molecule is CCC(C)(C)CN(C)C(C)(C)C(C)(C)OC. The van der Waals surface area contributed by atoms with Crippen LogP contribution in [0.2, 0.25) is 0 Å². The van der Waals surface area contributed by atoms with Crippen molar-refractivity contribution in [3.63, 3.8) is 0 Å². The molecule has 0 aliphatic rings. The van der Waals surface area contributed by atoms with Gasteiger partial charge in [0.2, 0.25) is 0 Å². The Morgan fingerprint density at radius 2 is 1.44 bits per heavy atom. The highest BCUT2D eigenvalue weighted by atomic mass is 16.5. The van der Waals surface area contributed by atoms with Crippen molar-refractivity contribution >= 4 is 0 Å². The highest BCUT2D eigenvalue weighted by Gasteiger charge is 2.41.